The van der Waals surface area contributed by atoms with E-state index >= 15 is 0 Å². The first kappa shape index (κ1) is 20.5. The van der Waals surface area contributed by atoms with Crippen molar-refractivity contribution in [3.8, 4) is 0 Å². The van der Waals surface area contributed by atoms with Crippen molar-refractivity contribution < 1.29 is 4.79 Å². The minimum Gasteiger partial charge on any atom is -0.352 e. The SMILES string of the molecule is O=C(/C=C/c1ccc(Sc2ccc(Cl)cc2Cl)cc1)NCCCn1ccnc1. The molecule has 1 N–H and O–H groups in total. The zero-order chi connectivity index (χ0) is 19.8. The summed E-state index contributed by atoms with van der Waals surface area (Å²) in [6.45, 7) is 1.46. The normalized spacial score (nSPS) is 11.1. The van der Waals surface area contributed by atoms with Crippen LogP contribution in [0.15, 0.2) is 77.1 Å². The predicted octanol–water partition coefficient (Wildman–Crippen LogP) is 5.56. The summed E-state index contributed by atoms with van der Waals surface area (Å²) < 4.78 is 1.98. The number of hydrogen-bond acceptors (Lipinski definition) is 3. The molecule has 0 aliphatic carbocycles. The molecule has 0 aliphatic heterocycles. The fourth-order valence-electron chi connectivity index (χ4n) is 2.45. The van der Waals surface area contributed by atoms with E-state index in [1.807, 2.05) is 47.2 Å². The Kier molecular flexibility index (Phi) is 7.60. The van der Waals surface area contributed by atoms with Crippen molar-refractivity contribution in [1.29, 1.82) is 0 Å². The number of hydrogen-bond donors (Lipinski definition) is 1. The van der Waals surface area contributed by atoms with Gasteiger partial charge < -0.3 is 9.88 Å². The number of carbonyl (C=O) groups excluding carboxylic acids is 1. The highest BCUT2D eigenvalue weighted by atomic mass is 35.5. The van der Waals surface area contributed by atoms with Crippen LogP contribution in [0.25, 0.3) is 6.08 Å². The van der Waals surface area contributed by atoms with Gasteiger partial charge in [0.15, 0.2) is 0 Å². The first-order valence-electron chi connectivity index (χ1n) is 8.75. The van der Waals surface area contributed by atoms with E-state index in [-0.39, 0.29) is 5.91 Å². The van der Waals surface area contributed by atoms with Crippen molar-refractivity contribution in [2.24, 2.45) is 0 Å². The number of benzene rings is 2. The lowest BCUT2D eigenvalue weighted by molar-refractivity contribution is -0.116. The molecule has 0 radical (unpaired) electrons. The lowest BCUT2D eigenvalue weighted by Gasteiger charge is -2.05. The maximum atomic E-state index is 11.9. The topological polar surface area (TPSA) is 46.9 Å². The second kappa shape index (κ2) is 10.4. The highest BCUT2D eigenvalue weighted by molar-refractivity contribution is 7.99. The summed E-state index contributed by atoms with van der Waals surface area (Å²) in [5.41, 5.74) is 0.958. The smallest absolute Gasteiger partial charge is 0.244 e. The zero-order valence-corrected chi connectivity index (χ0v) is 17.3. The van der Waals surface area contributed by atoms with Crippen LogP contribution in [0.3, 0.4) is 0 Å². The summed E-state index contributed by atoms with van der Waals surface area (Å²) >= 11 is 13.7. The maximum absolute atomic E-state index is 11.9. The van der Waals surface area contributed by atoms with Crippen LogP contribution in [0.1, 0.15) is 12.0 Å². The Hall–Kier alpha value is -2.21. The number of nitrogens with zero attached hydrogens (tertiary/aromatic N) is 2. The van der Waals surface area contributed by atoms with Crippen LogP contribution in [0.4, 0.5) is 0 Å². The number of amides is 1. The quantitative estimate of drug-likeness (QED) is 0.375. The second-order valence-electron chi connectivity index (χ2n) is 6.02. The molecule has 0 atom stereocenters. The molecular weight excluding hydrogens is 413 g/mol. The highest BCUT2D eigenvalue weighted by Crippen LogP contribution is 2.34. The van der Waals surface area contributed by atoms with Gasteiger partial charge in [-0.15, -0.1) is 0 Å². The molecule has 0 fully saturated rings. The van der Waals surface area contributed by atoms with Crippen molar-refractivity contribution in [1.82, 2.24) is 14.9 Å². The molecule has 0 spiro atoms. The Bertz CT molecular complexity index is 941. The minimum atomic E-state index is -0.1000. The van der Waals surface area contributed by atoms with Gasteiger partial charge in [0.05, 0.1) is 11.3 Å². The van der Waals surface area contributed by atoms with Gasteiger partial charge in [0, 0.05) is 46.4 Å². The van der Waals surface area contributed by atoms with Crippen LogP contribution in [-0.4, -0.2) is 22.0 Å². The van der Waals surface area contributed by atoms with E-state index in [4.69, 9.17) is 23.2 Å². The Morgan fingerprint density at radius 1 is 1.18 bits per heavy atom. The minimum absolute atomic E-state index is 0.1000. The summed E-state index contributed by atoms with van der Waals surface area (Å²) in [4.78, 5) is 17.9. The molecule has 1 heterocycles. The third kappa shape index (κ3) is 6.44. The monoisotopic (exact) mass is 431 g/mol. The van der Waals surface area contributed by atoms with Crippen LogP contribution in [0, 0.1) is 0 Å². The number of aryl methyl sites for hydroxylation is 1. The van der Waals surface area contributed by atoms with Crippen LogP contribution in [0.5, 0.6) is 0 Å². The van der Waals surface area contributed by atoms with E-state index < -0.39 is 0 Å². The standard InChI is InChI=1S/C21H19Cl2N3OS/c22-17-5-8-20(19(23)14-17)28-18-6-2-16(3-7-18)4-9-21(27)25-10-1-12-26-13-11-24-15-26/h2-9,11,13-15H,1,10,12H2,(H,25,27)/b9-4+. The number of halogens is 2. The number of imidazole rings is 1. The third-order valence-electron chi connectivity index (χ3n) is 3.88. The van der Waals surface area contributed by atoms with E-state index in [1.165, 1.54) is 0 Å². The second-order valence-corrected chi connectivity index (χ2v) is 7.98. The van der Waals surface area contributed by atoms with E-state index in [1.54, 1.807) is 42.5 Å². The van der Waals surface area contributed by atoms with Crippen molar-refractivity contribution in [3.63, 3.8) is 0 Å². The van der Waals surface area contributed by atoms with Gasteiger partial charge >= 0.3 is 0 Å². The summed E-state index contributed by atoms with van der Waals surface area (Å²) in [5.74, 6) is -0.1000. The van der Waals surface area contributed by atoms with Gasteiger partial charge in [-0.3, -0.25) is 4.79 Å². The summed E-state index contributed by atoms with van der Waals surface area (Å²) in [6, 6.07) is 13.4. The lowest BCUT2D eigenvalue weighted by Crippen LogP contribution is -2.22. The fourth-order valence-corrected chi connectivity index (χ4v) is 3.80. The first-order valence-corrected chi connectivity index (χ1v) is 10.3. The lowest BCUT2D eigenvalue weighted by atomic mass is 10.2. The zero-order valence-electron chi connectivity index (χ0n) is 15.0. The van der Waals surface area contributed by atoms with E-state index in [0.29, 0.717) is 16.6 Å². The summed E-state index contributed by atoms with van der Waals surface area (Å²) in [7, 11) is 0. The Morgan fingerprint density at radius 2 is 2.00 bits per heavy atom. The summed E-state index contributed by atoms with van der Waals surface area (Å²) in [6.07, 6.45) is 9.63. The van der Waals surface area contributed by atoms with Gasteiger partial charge in [-0.2, -0.15) is 0 Å². The number of carbonyl (C=O) groups is 1. The molecule has 144 valence electrons. The van der Waals surface area contributed by atoms with E-state index in [9.17, 15) is 4.79 Å². The van der Waals surface area contributed by atoms with Crippen LogP contribution in [0.2, 0.25) is 10.0 Å². The number of nitrogens with one attached hydrogen (secondary N) is 1. The summed E-state index contributed by atoms with van der Waals surface area (Å²) in [5, 5.41) is 4.13. The van der Waals surface area contributed by atoms with Crippen molar-refractivity contribution >= 4 is 46.9 Å². The Labute approximate surface area is 178 Å². The number of rotatable bonds is 8. The highest BCUT2D eigenvalue weighted by Gasteiger charge is 2.04. The van der Waals surface area contributed by atoms with Gasteiger partial charge in [0.25, 0.3) is 0 Å². The average molecular weight is 432 g/mol. The molecule has 0 saturated carbocycles. The molecule has 3 rings (SSSR count). The molecule has 1 amide bonds. The maximum Gasteiger partial charge on any atom is 0.244 e. The predicted molar refractivity (Wildman–Crippen MR) is 116 cm³/mol. The van der Waals surface area contributed by atoms with Crippen LogP contribution < -0.4 is 5.32 Å². The first-order chi connectivity index (χ1) is 13.6. The van der Waals surface area contributed by atoms with E-state index in [0.717, 1.165) is 28.3 Å². The molecular formula is C21H19Cl2N3OS. The average Bonchev–Trinajstić information content (AvgIpc) is 3.20. The molecule has 2 aromatic carbocycles. The Morgan fingerprint density at radius 3 is 2.71 bits per heavy atom. The number of aromatic nitrogens is 2. The van der Waals surface area contributed by atoms with Crippen molar-refractivity contribution in [3.05, 3.63) is 82.9 Å². The molecule has 1 aromatic heterocycles. The van der Waals surface area contributed by atoms with Crippen molar-refractivity contribution in [2.45, 2.75) is 22.8 Å². The van der Waals surface area contributed by atoms with Crippen molar-refractivity contribution in [2.75, 3.05) is 6.54 Å². The molecule has 0 aliphatic rings. The Balaban J connectivity index is 1.45. The molecule has 28 heavy (non-hydrogen) atoms. The van der Waals surface area contributed by atoms with Gasteiger partial charge in [-0.1, -0.05) is 47.1 Å². The molecule has 4 nitrogen and oxygen atoms in total. The van der Waals surface area contributed by atoms with Gasteiger partial charge in [-0.05, 0) is 48.4 Å². The van der Waals surface area contributed by atoms with Gasteiger partial charge in [-0.25, -0.2) is 4.98 Å². The molecule has 0 unspecified atom stereocenters. The third-order valence-corrected chi connectivity index (χ3v) is 5.62. The van der Waals surface area contributed by atoms with E-state index in [2.05, 4.69) is 10.3 Å². The molecule has 7 heteroatoms. The van der Waals surface area contributed by atoms with Crippen LogP contribution >= 0.6 is 35.0 Å². The van der Waals surface area contributed by atoms with Gasteiger partial charge in [0.2, 0.25) is 5.91 Å². The van der Waals surface area contributed by atoms with Gasteiger partial charge in [0.1, 0.15) is 0 Å². The molecule has 3 aromatic rings. The molecule has 0 bridgehead atoms. The molecule has 0 saturated heterocycles. The fraction of sp³-hybridized carbons (Fsp3) is 0.143. The van der Waals surface area contributed by atoms with Crippen LogP contribution in [-0.2, 0) is 11.3 Å². The largest absolute Gasteiger partial charge is 0.352 e.